The van der Waals surface area contributed by atoms with E-state index in [0.29, 0.717) is 17.1 Å². The molecule has 1 atom stereocenters. The van der Waals surface area contributed by atoms with Gasteiger partial charge in [-0.25, -0.2) is 0 Å². The van der Waals surface area contributed by atoms with Gasteiger partial charge in [0.25, 0.3) is 0 Å². The lowest BCUT2D eigenvalue weighted by atomic mass is 9.69. The summed E-state index contributed by atoms with van der Waals surface area (Å²) in [5, 5.41) is 0. The molecule has 1 aromatic carbocycles. The summed E-state index contributed by atoms with van der Waals surface area (Å²) in [6.07, 6.45) is 6.32. The summed E-state index contributed by atoms with van der Waals surface area (Å²) in [6.45, 7) is 3.54. The van der Waals surface area contributed by atoms with Gasteiger partial charge in [-0.2, -0.15) is 0 Å². The van der Waals surface area contributed by atoms with Crippen LogP contribution in [0.2, 0.25) is 0 Å². The second kappa shape index (κ2) is 5.72. The van der Waals surface area contributed by atoms with Gasteiger partial charge < -0.3 is 9.15 Å². The van der Waals surface area contributed by atoms with Crippen molar-refractivity contribution >= 4 is 17.6 Å². The third-order valence-electron chi connectivity index (χ3n) is 4.11. The second-order valence-electron chi connectivity index (χ2n) is 5.41. The Kier molecular flexibility index (Phi) is 3.74. The number of benzene rings is 1. The van der Waals surface area contributed by atoms with Crippen LogP contribution >= 0.6 is 0 Å². The van der Waals surface area contributed by atoms with Gasteiger partial charge in [-0.1, -0.05) is 18.7 Å². The molecule has 0 amide bonds. The van der Waals surface area contributed by atoms with Gasteiger partial charge in [0.15, 0.2) is 11.6 Å². The highest BCUT2D eigenvalue weighted by Crippen LogP contribution is 2.38. The van der Waals surface area contributed by atoms with E-state index >= 15 is 0 Å². The van der Waals surface area contributed by atoms with E-state index in [4.69, 9.17) is 9.15 Å². The number of ether oxygens (including phenoxy) is 1. The number of fused-ring (bicyclic) bond motifs is 1. The van der Waals surface area contributed by atoms with Gasteiger partial charge in [0.2, 0.25) is 0 Å². The van der Waals surface area contributed by atoms with Crippen molar-refractivity contribution in [1.29, 1.82) is 0 Å². The minimum absolute atomic E-state index is 0.172. The second-order valence-corrected chi connectivity index (χ2v) is 5.41. The minimum atomic E-state index is -1.30. The molecule has 23 heavy (non-hydrogen) atoms. The number of methoxy groups -OCH3 is 1. The molecule has 1 aliphatic rings. The molecule has 0 fully saturated rings. The first-order valence-electron chi connectivity index (χ1n) is 7.22. The molecule has 0 bridgehead atoms. The van der Waals surface area contributed by atoms with Gasteiger partial charge in [0, 0.05) is 12.0 Å². The van der Waals surface area contributed by atoms with Crippen molar-refractivity contribution in [3.05, 3.63) is 72.2 Å². The molecule has 4 nitrogen and oxygen atoms in total. The Hall–Kier alpha value is -2.88. The Morgan fingerprint density at radius 1 is 1.39 bits per heavy atom. The minimum Gasteiger partial charge on any atom is -0.497 e. The maximum atomic E-state index is 13.1. The Morgan fingerprint density at radius 2 is 2.22 bits per heavy atom. The van der Waals surface area contributed by atoms with Crippen LogP contribution < -0.4 is 4.74 Å². The van der Waals surface area contributed by atoms with E-state index in [1.807, 2.05) is 0 Å². The van der Waals surface area contributed by atoms with E-state index in [2.05, 4.69) is 6.58 Å². The largest absolute Gasteiger partial charge is 0.497 e. The highest BCUT2D eigenvalue weighted by molar-refractivity contribution is 6.22. The number of carbonyl (C=O) groups is 2. The fraction of sp³-hybridized carbons (Fsp3) is 0.158. The number of hydrogen-bond donors (Lipinski definition) is 0. The predicted molar refractivity (Wildman–Crippen MR) is 86.4 cm³/mol. The van der Waals surface area contributed by atoms with Crippen molar-refractivity contribution in [3.63, 3.8) is 0 Å². The van der Waals surface area contributed by atoms with E-state index in [1.54, 1.807) is 49.6 Å². The quantitative estimate of drug-likeness (QED) is 0.627. The SMILES string of the molecule is C=CC(=O)C1(Cc2ccco2)C=Cc2cc(OC)ccc2C1=O. The van der Waals surface area contributed by atoms with Gasteiger partial charge in [0.05, 0.1) is 13.4 Å². The number of furan rings is 1. The zero-order chi connectivity index (χ0) is 16.4. The van der Waals surface area contributed by atoms with Crippen molar-refractivity contribution in [3.8, 4) is 5.75 Å². The maximum absolute atomic E-state index is 13.1. The molecule has 1 aromatic heterocycles. The van der Waals surface area contributed by atoms with Crippen molar-refractivity contribution in [1.82, 2.24) is 0 Å². The van der Waals surface area contributed by atoms with Crippen molar-refractivity contribution in [2.45, 2.75) is 6.42 Å². The molecule has 1 unspecified atom stereocenters. The van der Waals surface area contributed by atoms with Gasteiger partial charge in [-0.15, -0.1) is 0 Å². The van der Waals surface area contributed by atoms with Crippen molar-refractivity contribution in [2.75, 3.05) is 7.11 Å². The number of rotatable bonds is 5. The molecule has 1 heterocycles. The van der Waals surface area contributed by atoms with Crippen LogP contribution in [0.1, 0.15) is 21.7 Å². The maximum Gasteiger partial charge on any atom is 0.181 e. The first kappa shape index (κ1) is 15.0. The zero-order valence-electron chi connectivity index (χ0n) is 12.7. The van der Waals surface area contributed by atoms with E-state index in [9.17, 15) is 9.59 Å². The van der Waals surface area contributed by atoms with Crippen LogP contribution in [0.25, 0.3) is 6.08 Å². The molecule has 0 saturated heterocycles. The van der Waals surface area contributed by atoms with Crippen LogP contribution in [-0.2, 0) is 11.2 Å². The van der Waals surface area contributed by atoms with E-state index in [0.717, 1.165) is 5.56 Å². The van der Waals surface area contributed by atoms with Crippen LogP contribution in [0.15, 0.2) is 59.7 Å². The van der Waals surface area contributed by atoms with Gasteiger partial charge >= 0.3 is 0 Å². The Bertz CT molecular complexity index is 799. The average molecular weight is 308 g/mol. The van der Waals surface area contributed by atoms with E-state index in [-0.39, 0.29) is 18.0 Å². The normalized spacial score (nSPS) is 19.3. The molecule has 0 aliphatic heterocycles. The number of hydrogen-bond acceptors (Lipinski definition) is 4. The van der Waals surface area contributed by atoms with Crippen LogP contribution in [0, 0.1) is 5.41 Å². The number of ketones is 2. The van der Waals surface area contributed by atoms with E-state index < -0.39 is 5.41 Å². The molecular weight excluding hydrogens is 292 g/mol. The lowest BCUT2D eigenvalue weighted by molar-refractivity contribution is -0.119. The highest BCUT2D eigenvalue weighted by atomic mass is 16.5. The average Bonchev–Trinajstić information content (AvgIpc) is 3.09. The Labute approximate surface area is 134 Å². The van der Waals surface area contributed by atoms with E-state index in [1.165, 1.54) is 12.3 Å². The number of allylic oxidation sites excluding steroid dienone is 2. The first-order chi connectivity index (χ1) is 11.1. The van der Waals surface area contributed by atoms with Gasteiger partial charge in [-0.05, 0) is 42.0 Å². The summed E-state index contributed by atoms with van der Waals surface area (Å²) in [5.74, 6) is 0.653. The third-order valence-corrected chi connectivity index (χ3v) is 4.11. The molecule has 3 rings (SSSR count). The fourth-order valence-corrected chi connectivity index (χ4v) is 2.85. The summed E-state index contributed by atoms with van der Waals surface area (Å²) < 4.78 is 10.5. The van der Waals surface area contributed by atoms with Gasteiger partial charge in [0.1, 0.15) is 16.9 Å². The van der Waals surface area contributed by atoms with Crippen LogP contribution in [0.5, 0.6) is 5.75 Å². The van der Waals surface area contributed by atoms with Crippen LogP contribution in [-0.4, -0.2) is 18.7 Å². The summed E-state index contributed by atoms with van der Waals surface area (Å²) in [6, 6.07) is 8.66. The Morgan fingerprint density at radius 3 is 2.87 bits per heavy atom. The summed E-state index contributed by atoms with van der Waals surface area (Å²) in [4.78, 5) is 25.6. The lowest BCUT2D eigenvalue weighted by Crippen LogP contribution is -2.40. The monoisotopic (exact) mass is 308 g/mol. The summed E-state index contributed by atoms with van der Waals surface area (Å²) in [5.41, 5.74) is -0.0717. The smallest absolute Gasteiger partial charge is 0.181 e. The molecule has 116 valence electrons. The molecular formula is C19H16O4. The third kappa shape index (κ3) is 2.42. The van der Waals surface area contributed by atoms with Crippen LogP contribution in [0.4, 0.5) is 0 Å². The number of Topliss-reactive ketones (excluding diaryl/α,β-unsaturated/α-hetero) is 1. The highest BCUT2D eigenvalue weighted by Gasteiger charge is 2.45. The Balaban J connectivity index is 2.10. The molecule has 1 aliphatic carbocycles. The zero-order valence-corrected chi connectivity index (χ0v) is 12.7. The van der Waals surface area contributed by atoms with Crippen molar-refractivity contribution < 1.29 is 18.7 Å². The fourth-order valence-electron chi connectivity index (χ4n) is 2.85. The summed E-state index contributed by atoms with van der Waals surface area (Å²) in [7, 11) is 1.57. The molecule has 0 N–H and O–H groups in total. The molecule has 0 saturated carbocycles. The standard InChI is InChI=1S/C19H16O4/c1-3-17(20)19(12-15-5-4-10-23-15)9-8-13-11-14(22-2)6-7-16(13)18(19)21/h3-11H,1,12H2,2H3. The summed E-state index contributed by atoms with van der Waals surface area (Å²) >= 11 is 0. The first-order valence-corrected chi connectivity index (χ1v) is 7.22. The molecule has 0 spiro atoms. The van der Waals surface area contributed by atoms with Crippen LogP contribution in [0.3, 0.4) is 0 Å². The predicted octanol–water partition coefficient (Wildman–Crippen LogP) is 3.48. The molecule has 0 radical (unpaired) electrons. The molecule has 4 heteroatoms. The number of carbonyl (C=O) groups excluding carboxylic acids is 2. The molecule has 2 aromatic rings. The lowest BCUT2D eigenvalue weighted by Gasteiger charge is -2.29. The van der Waals surface area contributed by atoms with Gasteiger partial charge in [-0.3, -0.25) is 9.59 Å². The van der Waals surface area contributed by atoms with Crippen molar-refractivity contribution in [2.24, 2.45) is 5.41 Å². The topological polar surface area (TPSA) is 56.5 Å².